The van der Waals surface area contributed by atoms with E-state index in [1.165, 1.54) is 6.33 Å². The molecule has 3 rings (SSSR count). The number of hydrogen-bond donors (Lipinski definition) is 1. The second-order valence-corrected chi connectivity index (χ2v) is 4.25. The monoisotopic (exact) mass is 257 g/mol. The first-order valence-electron chi connectivity index (χ1n) is 5.33. The Balaban J connectivity index is 2.31. The van der Waals surface area contributed by atoms with Crippen LogP contribution in [-0.4, -0.2) is 21.2 Å². The second-order valence-electron chi connectivity index (χ2n) is 3.81. The first kappa shape index (κ1) is 10.9. The molecule has 0 aliphatic carbocycles. The van der Waals surface area contributed by atoms with Crippen LogP contribution in [0.5, 0.6) is 0 Å². The molecule has 0 atom stereocenters. The Morgan fingerprint density at radius 3 is 2.67 bits per heavy atom. The number of rotatable bonds is 2. The molecule has 0 aliphatic rings. The lowest BCUT2D eigenvalue weighted by Gasteiger charge is -2.02. The summed E-state index contributed by atoms with van der Waals surface area (Å²) < 4.78 is 0. The molecule has 1 aromatic carbocycles. The van der Waals surface area contributed by atoms with Crippen molar-refractivity contribution in [1.29, 1.82) is 0 Å². The lowest BCUT2D eigenvalue weighted by Crippen LogP contribution is -1.89. The van der Waals surface area contributed by atoms with Crippen molar-refractivity contribution in [3.8, 4) is 11.3 Å². The summed E-state index contributed by atoms with van der Waals surface area (Å²) >= 11 is 5.86. The number of benzene rings is 1. The smallest absolute Gasteiger partial charge is 0.152 e. The Bertz CT molecular complexity index is 719. The van der Waals surface area contributed by atoms with E-state index in [9.17, 15) is 4.79 Å². The topological polar surface area (TPSA) is 58.6 Å². The lowest BCUT2D eigenvalue weighted by atomic mass is 10.1. The predicted octanol–water partition coefficient (Wildman–Crippen LogP) is 3.09. The van der Waals surface area contributed by atoms with Gasteiger partial charge in [0.1, 0.15) is 12.0 Å². The summed E-state index contributed by atoms with van der Waals surface area (Å²) in [5.74, 6) is 0. The van der Waals surface area contributed by atoms with E-state index in [1.54, 1.807) is 18.3 Å². The van der Waals surface area contributed by atoms with Gasteiger partial charge in [0.05, 0.1) is 11.1 Å². The van der Waals surface area contributed by atoms with Crippen molar-refractivity contribution in [2.75, 3.05) is 0 Å². The summed E-state index contributed by atoms with van der Waals surface area (Å²) in [5.41, 5.74) is 2.82. The number of fused-ring (bicyclic) bond motifs is 1. The molecule has 1 N–H and O–H groups in total. The molecule has 2 heterocycles. The van der Waals surface area contributed by atoms with Crippen LogP contribution in [0.1, 0.15) is 10.4 Å². The highest BCUT2D eigenvalue weighted by Crippen LogP contribution is 2.27. The number of aromatic amines is 1. The number of aromatic nitrogens is 3. The Morgan fingerprint density at radius 1 is 1.17 bits per heavy atom. The van der Waals surface area contributed by atoms with E-state index in [4.69, 9.17) is 11.6 Å². The van der Waals surface area contributed by atoms with Crippen LogP contribution in [0.4, 0.5) is 0 Å². The molecule has 0 spiro atoms. The van der Waals surface area contributed by atoms with E-state index < -0.39 is 0 Å². The van der Waals surface area contributed by atoms with Crippen LogP contribution in [0.3, 0.4) is 0 Å². The Kier molecular flexibility index (Phi) is 2.57. The molecule has 0 radical (unpaired) electrons. The minimum Gasteiger partial charge on any atom is -0.345 e. The van der Waals surface area contributed by atoms with E-state index in [2.05, 4.69) is 15.0 Å². The van der Waals surface area contributed by atoms with E-state index >= 15 is 0 Å². The van der Waals surface area contributed by atoms with Crippen molar-refractivity contribution < 1.29 is 4.79 Å². The Labute approximate surface area is 108 Å². The average Bonchev–Trinajstić information content (AvgIpc) is 2.82. The van der Waals surface area contributed by atoms with Gasteiger partial charge < -0.3 is 4.98 Å². The van der Waals surface area contributed by atoms with Crippen LogP contribution in [-0.2, 0) is 0 Å². The predicted molar refractivity (Wildman–Crippen MR) is 69.7 cm³/mol. The summed E-state index contributed by atoms with van der Waals surface area (Å²) in [6.45, 7) is 0. The first-order valence-corrected chi connectivity index (χ1v) is 5.70. The van der Waals surface area contributed by atoms with Crippen LogP contribution < -0.4 is 0 Å². The van der Waals surface area contributed by atoms with E-state index in [0.717, 1.165) is 22.9 Å². The third-order valence-corrected chi connectivity index (χ3v) is 3.00. The third-order valence-electron chi connectivity index (χ3n) is 2.74. The standard InChI is InChI=1S/C13H8ClN3O/c14-10-3-1-8(2-4-10)12-11-9(6-18)5-15-13(11)17-7-16-12/h1-7H,(H,15,16,17). The number of carbonyl (C=O) groups is 1. The summed E-state index contributed by atoms with van der Waals surface area (Å²) in [4.78, 5) is 22.3. The van der Waals surface area contributed by atoms with Gasteiger partial charge in [0.15, 0.2) is 6.29 Å². The van der Waals surface area contributed by atoms with Gasteiger partial charge in [-0.1, -0.05) is 23.7 Å². The molecule has 88 valence electrons. The Hall–Kier alpha value is -2.20. The van der Waals surface area contributed by atoms with E-state index in [-0.39, 0.29) is 0 Å². The molecule has 0 unspecified atom stereocenters. The van der Waals surface area contributed by atoms with Crippen LogP contribution in [0.2, 0.25) is 5.02 Å². The van der Waals surface area contributed by atoms with E-state index in [1.807, 2.05) is 12.1 Å². The molecule has 0 saturated carbocycles. The van der Waals surface area contributed by atoms with Crippen molar-refractivity contribution >= 4 is 28.9 Å². The van der Waals surface area contributed by atoms with Gasteiger partial charge in [-0.3, -0.25) is 4.79 Å². The number of aldehydes is 1. The zero-order chi connectivity index (χ0) is 12.5. The number of carbonyl (C=O) groups excluding carboxylic acids is 1. The summed E-state index contributed by atoms with van der Waals surface area (Å²) in [6, 6.07) is 7.31. The van der Waals surface area contributed by atoms with Gasteiger partial charge in [0.25, 0.3) is 0 Å². The van der Waals surface area contributed by atoms with Crippen molar-refractivity contribution in [2.24, 2.45) is 0 Å². The highest BCUT2D eigenvalue weighted by Gasteiger charge is 2.11. The molecule has 4 nitrogen and oxygen atoms in total. The number of nitrogens with one attached hydrogen (secondary N) is 1. The van der Waals surface area contributed by atoms with Gasteiger partial charge in [-0.05, 0) is 12.1 Å². The van der Waals surface area contributed by atoms with Gasteiger partial charge in [-0.2, -0.15) is 0 Å². The van der Waals surface area contributed by atoms with Crippen molar-refractivity contribution in [3.05, 3.63) is 47.4 Å². The molecule has 5 heteroatoms. The largest absolute Gasteiger partial charge is 0.345 e. The molecule has 3 aromatic rings. The first-order chi connectivity index (χ1) is 8.79. The van der Waals surface area contributed by atoms with Gasteiger partial charge in [-0.15, -0.1) is 0 Å². The fourth-order valence-electron chi connectivity index (χ4n) is 1.91. The molecule has 2 aromatic heterocycles. The average molecular weight is 258 g/mol. The van der Waals surface area contributed by atoms with Gasteiger partial charge in [-0.25, -0.2) is 9.97 Å². The van der Waals surface area contributed by atoms with Crippen molar-refractivity contribution in [2.45, 2.75) is 0 Å². The maximum absolute atomic E-state index is 11.0. The van der Waals surface area contributed by atoms with Gasteiger partial charge >= 0.3 is 0 Å². The maximum Gasteiger partial charge on any atom is 0.152 e. The summed E-state index contributed by atoms with van der Waals surface area (Å²) in [6.07, 6.45) is 3.89. The van der Waals surface area contributed by atoms with Crippen molar-refractivity contribution in [1.82, 2.24) is 15.0 Å². The normalized spacial score (nSPS) is 10.7. The molecule has 0 saturated heterocycles. The van der Waals surface area contributed by atoms with Crippen molar-refractivity contribution in [3.63, 3.8) is 0 Å². The number of nitrogens with zero attached hydrogens (tertiary/aromatic N) is 2. The summed E-state index contributed by atoms with van der Waals surface area (Å²) in [5, 5.41) is 1.39. The summed E-state index contributed by atoms with van der Waals surface area (Å²) in [7, 11) is 0. The van der Waals surface area contributed by atoms with Crippen LogP contribution >= 0.6 is 11.6 Å². The van der Waals surface area contributed by atoms with Crippen LogP contribution in [0, 0.1) is 0 Å². The second kappa shape index (κ2) is 4.23. The zero-order valence-corrected chi connectivity index (χ0v) is 9.98. The van der Waals surface area contributed by atoms with Gasteiger partial charge in [0, 0.05) is 22.3 Å². The number of halogens is 1. The number of hydrogen-bond acceptors (Lipinski definition) is 3. The van der Waals surface area contributed by atoms with Crippen LogP contribution in [0.25, 0.3) is 22.3 Å². The zero-order valence-electron chi connectivity index (χ0n) is 9.22. The SMILES string of the molecule is O=Cc1c[nH]c2ncnc(-c3ccc(Cl)cc3)c12. The lowest BCUT2D eigenvalue weighted by molar-refractivity contribution is 0.112. The minimum atomic E-state index is 0.551. The molecule has 0 amide bonds. The molecule has 0 fully saturated rings. The Morgan fingerprint density at radius 2 is 1.94 bits per heavy atom. The fraction of sp³-hybridized carbons (Fsp3) is 0. The molecule has 18 heavy (non-hydrogen) atoms. The highest BCUT2D eigenvalue weighted by atomic mass is 35.5. The molecular formula is C13H8ClN3O. The van der Waals surface area contributed by atoms with Crippen LogP contribution in [0.15, 0.2) is 36.8 Å². The maximum atomic E-state index is 11.0. The molecule has 0 aliphatic heterocycles. The van der Waals surface area contributed by atoms with E-state index in [0.29, 0.717) is 16.2 Å². The fourth-order valence-corrected chi connectivity index (χ4v) is 2.03. The van der Waals surface area contributed by atoms with Gasteiger partial charge in [0.2, 0.25) is 0 Å². The minimum absolute atomic E-state index is 0.551. The quantitative estimate of drug-likeness (QED) is 0.718. The number of H-pyrrole nitrogens is 1. The third kappa shape index (κ3) is 1.67. The molecular weight excluding hydrogens is 250 g/mol. The highest BCUT2D eigenvalue weighted by molar-refractivity contribution is 6.30. The molecule has 0 bridgehead atoms.